The van der Waals surface area contributed by atoms with E-state index in [1.54, 1.807) is 6.07 Å². The van der Waals surface area contributed by atoms with Crippen LogP contribution in [0.25, 0.3) is 0 Å². The molecule has 0 aliphatic rings. The molecule has 0 aromatic carbocycles. The fraction of sp³-hybridized carbons (Fsp3) is 0.583. The van der Waals surface area contributed by atoms with E-state index in [0.717, 1.165) is 9.75 Å². The molecule has 0 amide bonds. The van der Waals surface area contributed by atoms with Crippen molar-refractivity contribution >= 4 is 27.0 Å². The van der Waals surface area contributed by atoms with E-state index < -0.39 is 15.6 Å². The van der Waals surface area contributed by atoms with Crippen LogP contribution in [0.4, 0.5) is 0 Å². The molecule has 18 heavy (non-hydrogen) atoms. The molecule has 0 saturated carbocycles. The minimum absolute atomic E-state index is 0.00521. The first-order valence-corrected chi connectivity index (χ1v) is 8.29. The Morgan fingerprint density at radius 1 is 1.39 bits per heavy atom. The molecule has 0 unspecified atom stereocenters. The van der Waals surface area contributed by atoms with E-state index in [9.17, 15) is 13.2 Å². The van der Waals surface area contributed by atoms with E-state index >= 15 is 0 Å². The lowest BCUT2D eigenvalue weighted by Crippen LogP contribution is -2.20. The van der Waals surface area contributed by atoms with Gasteiger partial charge in [-0.25, -0.2) is 8.42 Å². The highest BCUT2D eigenvalue weighted by Crippen LogP contribution is 2.21. The van der Waals surface area contributed by atoms with Crippen molar-refractivity contribution in [2.75, 3.05) is 25.2 Å². The third-order valence-electron chi connectivity index (χ3n) is 2.50. The lowest BCUT2D eigenvalue weighted by Gasteiger charge is -2.03. The Kier molecular flexibility index (Phi) is 5.49. The van der Waals surface area contributed by atoms with Gasteiger partial charge in [-0.2, -0.15) is 0 Å². The number of hydrogen-bond acceptors (Lipinski definition) is 5. The van der Waals surface area contributed by atoms with E-state index in [0.29, 0.717) is 18.6 Å². The van der Waals surface area contributed by atoms with Crippen LogP contribution in [0.1, 0.15) is 26.5 Å². The van der Waals surface area contributed by atoms with Gasteiger partial charge in [0, 0.05) is 29.0 Å². The number of carbonyl (C=O) groups is 1. The van der Waals surface area contributed by atoms with Gasteiger partial charge in [-0.3, -0.25) is 4.79 Å². The fourth-order valence-corrected chi connectivity index (χ4v) is 3.88. The average molecular weight is 290 g/mol. The van der Waals surface area contributed by atoms with Crippen molar-refractivity contribution in [2.24, 2.45) is 0 Å². The van der Waals surface area contributed by atoms with E-state index in [-0.39, 0.29) is 11.5 Å². The van der Waals surface area contributed by atoms with Crippen LogP contribution in [0, 0.1) is 13.8 Å². The highest BCUT2D eigenvalue weighted by Gasteiger charge is 2.20. The molecule has 0 saturated heterocycles. The second-order valence-corrected chi connectivity index (χ2v) is 7.83. The smallest absolute Gasteiger partial charge is 0.178 e. The number of aryl methyl sites for hydroxylation is 2. The van der Waals surface area contributed by atoms with Crippen molar-refractivity contribution in [2.45, 2.75) is 20.3 Å². The van der Waals surface area contributed by atoms with Gasteiger partial charge in [-0.05, 0) is 26.3 Å². The Morgan fingerprint density at radius 3 is 2.56 bits per heavy atom. The number of carbonyl (C=O) groups excluding carboxylic acids is 1. The van der Waals surface area contributed by atoms with Gasteiger partial charge >= 0.3 is 0 Å². The summed E-state index contributed by atoms with van der Waals surface area (Å²) in [6, 6.07) is 1.76. The maximum atomic E-state index is 11.9. The highest BCUT2D eigenvalue weighted by atomic mass is 32.2. The fourth-order valence-electron chi connectivity index (χ4n) is 1.68. The van der Waals surface area contributed by atoms with Gasteiger partial charge in [-0.1, -0.05) is 0 Å². The number of rotatable bonds is 7. The molecule has 1 rings (SSSR count). The van der Waals surface area contributed by atoms with Gasteiger partial charge in [-0.15, -0.1) is 11.3 Å². The molecule has 0 atom stereocenters. The Labute approximate surface area is 112 Å². The molecule has 0 N–H and O–H groups in total. The van der Waals surface area contributed by atoms with Gasteiger partial charge in [0.25, 0.3) is 0 Å². The van der Waals surface area contributed by atoms with Gasteiger partial charge in [0.05, 0.1) is 5.75 Å². The summed E-state index contributed by atoms with van der Waals surface area (Å²) >= 11 is 1.51. The molecular formula is C12H18O4S2. The molecule has 0 spiro atoms. The van der Waals surface area contributed by atoms with E-state index in [4.69, 9.17) is 4.74 Å². The molecule has 1 heterocycles. The topological polar surface area (TPSA) is 60.4 Å². The molecule has 1 aromatic rings. The van der Waals surface area contributed by atoms with Crippen LogP contribution in [0.15, 0.2) is 6.07 Å². The molecule has 0 fully saturated rings. The summed E-state index contributed by atoms with van der Waals surface area (Å²) in [4.78, 5) is 13.8. The summed E-state index contributed by atoms with van der Waals surface area (Å²) in [6.45, 7) is 4.13. The first-order valence-electron chi connectivity index (χ1n) is 5.65. The SMILES string of the molecule is COCCCS(=O)(=O)CC(=O)c1cc(C)sc1C. The zero-order valence-electron chi connectivity index (χ0n) is 10.9. The Hall–Kier alpha value is -0.720. The van der Waals surface area contributed by atoms with Crippen LogP contribution in [-0.4, -0.2) is 39.4 Å². The van der Waals surface area contributed by atoms with Gasteiger partial charge < -0.3 is 4.74 Å². The van der Waals surface area contributed by atoms with Gasteiger partial charge in [0.1, 0.15) is 5.75 Å². The summed E-state index contributed by atoms with van der Waals surface area (Å²) in [7, 11) is -1.81. The predicted octanol–water partition coefficient (Wildman–Crippen LogP) is 2.00. The lowest BCUT2D eigenvalue weighted by molar-refractivity contribution is 0.102. The standard InChI is InChI=1S/C12H18O4S2/c1-9-7-11(10(2)17-9)12(13)8-18(14,15)6-4-5-16-3/h7H,4-6,8H2,1-3H3. The Morgan fingerprint density at radius 2 is 2.06 bits per heavy atom. The third kappa shape index (κ3) is 4.51. The number of hydrogen-bond donors (Lipinski definition) is 0. The van der Waals surface area contributed by atoms with Crippen molar-refractivity contribution in [3.8, 4) is 0 Å². The summed E-state index contributed by atoms with van der Waals surface area (Å²) in [6.07, 6.45) is 0.424. The summed E-state index contributed by atoms with van der Waals surface area (Å²) < 4.78 is 28.3. The maximum Gasteiger partial charge on any atom is 0.178 e. The first-order chi connectivity index (χ1) is 8.35. The quantitative estimate of drug-likeness (QED) is 0.569. The predicted molar refractivity (Wildman–Crippen MR) is 73.3 cm³/mol. The summed E-state index contributed by atoms with van der Waals surface area (Å²) in [5, 5.41) is 0. The summed E-state index contributed by atoms with van der Waals surface area (Å²) in [5.74, 6) is -0.725. The average Bonchev–Trinajstić information content (AvgIpc) is 2.57. The third-order valence-corrected chi connectivity index (χ3v) is 5.07. The molecule has 0 aliphatic carbocycles. The van der Waals surface area contributed by atoms with Crippen molar-refractivity contribution in [1.29, 1.82) is 0 Å². The van der Waals surface area contributed by atoms with Crippen LogP contribution in [0.5, 0.6) is 0 Å². The van der Waals surface area contributed by atoms with Crippen LogP contribution in [-0.2, 0) is 14.6 Å². The number of methoxy groups -OCH3 is 1. The first kappa shape index (κ1) is 15.3. The van der Waals surface area contributed by atoms with Gasteiger partial charge in [0.2, 0.25) is 0 Å². The Balaban J connectivity index is 2.67. The van der Waals surface area contributed by atoms with Gasteiger partial charge in [0.15, 0.2) is 15.6 Å². The second kappa shape index (κ2) is 6.45. The summed E-state index contributed by atoms with van der Waals surface area (Å²) in [5.41, 5.74) is 0.535. The van der Waals surface area contributed by atoms with Crippen LogP contribution in [0.3, 0.4) is 0 Å². The lowest BCUT2D eigenvalue weighted by atomic mass is 10.2. The Bertz CT molecular complexity index is 514. The minimum atomic E-state index is -3.33. The minimum Gasteiger partial charge on any atom is -0.385 e. The van der Waals surface area contributed by atoms with Crippen molar-refractivity contribution in [3.05, 3.63) is 21.4 Å². The number of Topliss-reactive ketones (excluding diaryl/α,β-unsaturated/α-hetero) is 1. The highest BCUT2D eigenvalue weighted by molar-refractivity contribution is 7.92. The monoisotopic (exact) mass is 290 g/mol. The van der Waals surface area contributed by atoms with Crippen molar-refractivity contribution in [3.63, 3.8) is 0 Å². The number of thiophene rings is 1. The van der Waals surface area contributed by atoms with Crippen LogP contribution in [0.2, 0.25) is 0 Å². The van der Waals surface area contributed by atoms with Crippen molar-refractivity contribution in [1.82, 2.24) is 0 Å². The van der Waals surface area contributed by atoms with E-state index in [1.807, 2.05) is 13.8 Å². The molecule has 4 nitrogen and oxygen atoms in total. The number of sulfone groups is 1. The largest absolute Gasteiger partial charge is 0.385 e. The second-order valence-electron chi connectivity index (χ2n) is 4.19. The van der Waals surface area contributed by atoms with E-state index in [2.05, 4.69) is 0 Å². The van der Waals surface area contributed by atoms with E-state index in [1.165, 1.54) is 18.4 Å². The molecule has 6 heteroatoms. The molecule has 1 aromatic heterocycles. The number of ketones is 1. The molecule has 0 bridgehead atoms. The molecule has 0 radical (unpaired) electrons. The number of ether oxygens (including phenoxy) is 1. The zero-order valence-corrected chi connectivity index (χ0v) is 12.5. The molecular weight excluding hydrogens is 272 g/mol. The zero-order chi connectivity index (χ0) is 13.8. The molecule has 0 aliphatic heterocycles. The van der Waals surface area contributed by atoms with Crippen LogP contribution < -0.4 is 0 Å². The van der Waals surface area contributed by atoms with Crippen molar-refractivity contribution < 1.29 is 17.9 Å². The molecule has 102 valence electrons. The normalized spacial score (nSPS) is 11.7. The van der Waals surface area contributed by atoms with Crippen LogP contribution >= 0.6 is 11.3 Å². The maximum absolute atomic E-state index is 11.9.